The number of hydrogen-bond donors (Lipinski definition) is 2. The first-order chi connectivity index (χ1) is 12.7. The zero-order valence-electron chi connectivity index (χ0n) is 14.6. The number of benzene rings is 2. The Balaban J connectivity index is 1.70. The molecule has 2 aromatic rings. The van der Waals surface area contributed by atoms with E-state index < -0.39 is 0 Å². The van der Waals surface area contributed by atoms with Crippen LogP contribution in [-0.4, -0.2) is 37.3 Å². The fourth-order valence-corrected chi connectivity index (χ4v) is 3.62. The minimum absolute atomic E-state index is 0.0429. The van der Waals surface area contributed by atoms with Crippen molar-refractivity contribution in [3.63, 3.8) is 0 Å². The van der Waals surface area contributed by atoms with Crippen molar-refractivity contribution in [2.24, 2.45) is 0 Å². The largest absolute Gasteiger partial charge is 0.493 e. The van der Waals surface area contributed by atoms with E-state index in [4.69, 9.17) is 24.1 Å². The van der Waals surface area contributed by atoms with Crippen LogP contribution in [0.3, 0.4) is 0 Å². The number of rotatable bonds is 6. The average Bonchev–Trinajstić information content (AvgIpc) is 3.28. The molecule has 2 aliphatic rings. The Morgan fingerprint density at radius 1 is 1.12 bits per heavy atom. The number of aliphatic hydroxyl groups is 2. The average molecular weight is 358 g/mol. The highest BCUT2D eigenvalue weighted by Crippen LogP contribution is 2.51. The maximum Gasteiger partial charge on any atom is 0.231 e. The fraction of sp³-hybridized carbons (Fsp3) is 0.400. The maximum absolute atomic E-state index is 10.1. The highest BCUT2D eigenvalue weighted by molar-refractivity contribution is 5.56. The van der Waals surface area contributed by atoms with Gasteiger partial charge in [-0.2, -0.15) is 0 Å². The molecule has 138 valence electrons. The molecule has 26 heavy (non-hydrogen) atoms. The Morgan fingerprint density at radius 2 is 1.96 bits per heavy atom. The second-order valence-corrected chi connectivity index (χ2v) is 6.48. The van der Waals surface area contributed by atoms with E-state index in [-0.39, 0.29) is 32.0 Å². The topological polar surface area (TPSA) is 77.4 Å². The molecule has 2 atom stereocenters. The Bertz CT molecular complexity index is 803. The Hall–Kier alpha value is -2.44. The summed E-state index contributed by atoms with van der Waals surface area (Å²) in [4.78, 5) is 0. The van der Waals surface area contributed by atoms with Crippen molar-refractivity contribution in [3.8, 4) is 23.0 Å². The van der Waals surface area contributed by atoms with E-state index in [1.807, 2.05) is 30.3 Å². The molecule has 6 heteroatoms. The first-order valence-electron chi connectivity index (χ1n) is 8.74. The lowest BCUT2D eigenvalue weighted by molar-refractivity contribution is 0.156. The second kappa shape index (κ2) is 7.05. The molecule has 0 fully saturated rings. The van der Waals surface area contributed by atoms with Crippen LogP contribution in [0.4, 0.5) is 0 Å². The summed E-state index contributed by atoms with van der Waals surface area (Å²) in [5.41, 5.74) is 2.91. The normalized spacial score (nSPS) is 20.0. The summed E-state index contributed by atoms with van der Waals surface area (Å²) in [5, 5.41) is 19.1. The summed E-state index contributed by atoms with van der Waals surface area (Å²) >= 11 is 0. The maximum atomic E-state index is 10.1. The zero-order chi connectivity index (χ0) is 18.1. The number of methoxy groups -OCH3 is 1. The summed E-state index contributed by atoms with van der Waals surface area (Å²) in [6.45, 7) is 0.313. The molecule has 0 saturated heterocycles. The number of aryl methyl sites for hydroxylation is 1. The summed E-state index contributed by atoms with van der Waals surface area (Å²) in [5.74, 6) is 2.52. The summed E-state index contributed by atoms with van der Waals surface area (Å²) < 4.78 is 22.6. The van der Waals surface area contributed by atoms with E-state index in [1.165, 1.54) is 0 Å². The first-order valence-corrected chi connectivity index (χ1v) is 8.74. The van der Waals surface area contributed by atoms with Crippen molar-refractivity contribution in [3.05, 3.63) is 47.0 Å². The first kappa shape index (κ1) is 17.0. The minimum Gasteiger partial charge on any atom is -0.493 e. The molecule has 0 amide bonds. The smallest absolute Gasteiger partial charge is 0.231 e. The van der Waals surface area contributed by atoms with Gasteiger partial charge in [0, 0.05) is 12.2 Å². The van der Waals surface area contributed by atoms with Crippen LogP contribution in [0, 0.1) is 0 Å². The third kappa shape index (κ3) is 2.85. The molecular formula is C20H22O6. The van der Waals surface area contributed by atoms with Crippen LogP contribution in [-0.2, 0) is 6.42 Å². The Labute approximate surface area is 151 Å². The lowest BCUT2D eigenvalue weighted by atomic mass is 9.90. The van der Waals surface area contributed by atoms with Gasteiger partial charge in [0.05, 0.1) is 19.6 Å². The van der Waals surface area contributed by atoms with Crippen molar-refractivity contribution in [1.29, 1.82) is 0 Å². The van der Waals surface area contributed by atoms with E-state index in [1.54, 1.807) is 7.11 Å². The van der Waals surface area contributed by atoms with Gasteiger partial charge in [-0.15, -0.1) is 0 Å². The van der Waals surface area contributed by atoms with E-state index in [9.17, 15) is 5.11 Å². The van der Waals surface area contributed by atoms with Gasteiger partial charge in [-0.05, 0) is 42.2 Å². The molecule has 0 radical (unpaired) electrons. The number of fused-ring (bicyclic) bond motifs is 2. The molecule has 2 aliphatic heterocycles. The highest BCUT2D eigenvalue weighted by Gasteiger charge is 2.38. The fourth-order valence-electron chi connectivity index (χ4n) is 3.62. The van der Waals surface area contributed by atoms with E-state index in [0.29, 0.717) is 29.4 Å². The van der Waals surface area contributed by atoms with Gasteiger partial charge in [0.1, 0.15) is 6.10 Å². The third-order valence-corrected chi connectivity index (χ3v) is 4.92. The molecule has 2 N–H and O–H groups in total. The predicted molar refractivity (Wildman–Crippen MR) is 94.2 cm³/mol. The third-order valence-electron chi connectivity index (χ3n) is 4.92. The van der Waals surface area contributed by atoms with E-state index >= 15 is 0 Å². The number of hydrogen-bond acceptors (Lipinski definition) is 6. The van der Waals surface area contributed by atoms with Crippen LogP contribution < -0.4 is 18.9 Å². The van der Waals surface area contributed by atoms with Crippen molar-refractivity contribution < 1.29 is 29.2 Å². The molecule has 0 spiro atoms. The van der Waals surface area contributed by atoms with E-state index in [2.05, 4.69) is 0 Å². The molecule has 0 aromatic heterocycles. The van der Waals surface area contributed by atoms with Crippen molar-refractivity contribution in [1.82, 2.24) is 0 Å². The molecular weight excluding hydrogens is 336 g/mol. The quantitative estimate of drug-likeness (QED) is 0.826. The molecule has 0 saturated carbocycles. The van der Waals surface area contributed by atoms with Crippen LogP contribution in [0.25, 0.3) is 0 Å². The number of aliphatic hydroxyl groups excluding tert-OH is 2. The monoisotopic (exact) mass is 358 g/mol. The van der Waals surface area contributed by atoms with Crippen molar-refractivity contribution >= 4 is 0 Å². The molecule has 4 rings (SSSR count). The molecule has 0 bridgehead atoms. The van der Waals surface area contributed by atoms with Gasteiger partial charge in [-0.1, -0.05) is 12.1 Å². The van der Waals surface area contributed by atoms with Crippen LogP contribution in [0.1, 0.15) is 35.1 Å². The zero-order valence-corrected chi connectivity index (χ0v) is 14.6. The van der Waals surface area contributed by atoms with Gasteiger partial charge < -0.3 is 29.2 Å². The minimum atomic E-state index is -0.327. The summed E-state index contributed by atoms with van der Waals surface area (Å²) in [7, 11) is 1.61. The molecule has 6 nitrogen and oxygen atoms in total. The molecule has 2 aromatic carbocycles. The summed E-state index contributed by atoms with van der Waals surface area (Å²) in [6, 6.07) is 9.68. The Morgan fingerprint density at radius 3 is 2.73 bits per heavy atom. The van der Waals surface area contributed by atoms with Gasteiger partial charge in [-0.3, -0.25) is 0 Å². The van der Waals surface area contributed by atoms with Gasteiger partial charge in [0.25, 0.3) is 0 Å². The predicted octanol–water partition coefficient (Wildman–Crippen LogP) is 2.56. The molecule has 0 aliphatic carbocycles. The van der Waals surface area contributed by atoms with Gasteiger partial charge in [0.2, 0.25) is 6.79 Å². The van der Waals surface area contributed by atoms with Crippen LogP contribution in [0.15, 0.2) is 30.3 Å². The van der Waals surface area contributed by atoms with Crippen LogP contribution >= 0.6 is 0 Å². The van der Waals surface area contributed by atoms with Gasteiger partial charge in [-0.25, -0.2) is 0 Å². The van der Waals surface area contributed by atoms with Crippen molar-refractivity contribution in [2.75, 3.05) is 27.1 Å². The highest BCUT2D eigenvalue weighted by atomic mass is 16.7. The summed E-state index contributed by atoms with van der Waals surface area (Å²) in [6.07, 6.45) is 1.09. The van der Waals surface area contributed by atoms with Crippen molar-refractivity contribution in [2.45, 2.75) is 24.9 Å². The van der Waals surface area contributed by atoms with Crippen LogP contribution in [0.5, 0.6) is 23.0 Å². The molecule has 2 heterocycles. The van der Waals surface area contributed by atoms with Crippen LogP contribution in [0.2, 0.25) is 0 Å². The standard InChI is InChI=1S/C20H22O6/c1-23-18-8-12(3-2-6-21)7-14-15(10-22)19(26-20(14)18)13-4-5-16-17(9-13)25-11-24-16/h4-5,7-9,15,19,21-22H,2-3,6,10-11H2,1H3/t15-,19+/m0/s1. The Kier molecular flexibility index (Phi) is 4.61. The second-order valence-electron chi connectivity index (χ2n) is 6.48. The van der Waals surface area contributed by atoms with Gasteiger partial charge in [0.15, 0.2) is 23.0 Å². The SMILES string of the molecule is COc1cc(CCCO)cc2c1O[C@H](c1ccc3c(c1)OCO3)[C@H]2CO. The number of ether oxygens (including phenoxy) is 4. The lowest BCUT2D eigenvalue weighted by Gasteiger charge is -2.18. The molecule has 0 unspecified atom stereocenters. The van der Waals surface area contributed by atoms with Gasteiger partial charge >= 0.3 is 0 Å². The lowest BCUT2D eigenvalue weighted by Crippen LogP contribution is -2.13. The van der Waals surface area contributed by atoms with E-state index in [0.717, 1.165) is 23.1 Å².